The minimum absolute atomic E-state index is 0.0745. The molecule has 0 bridgehead atoms. The van der Waals surface area contributed by atoms with Gasteiger partial charge in [-0.1, -0.05) is 77.3 Å². The fraction of sp³-hybridized carbons (Fsp3) is 0.628. The summed E-state index contributed by atoms with van der Waals surface area (Å²) in [6.45, 7) is 7.63. The molecule has 2 aromatic carbocycles. The number of Topliss-reactive ketones (excluding diaryl/α,β-unsaturated/α-hetero) is 1. The number of nitrogens with two attached hydrogens (primary N) is 1. The second-order valence-corrected chi connectivity index (χ2v) is 16.1. The van der Waals surface area contributed by atoms with Crippen molar-refractivity contribution in [2.75, 3.05) is 32.8 Å². The molecule has 1 saturated carbocycles. The molecule has 1 aliphatic carbocycles. The molecule has 0 unspecified atom stereocenters. The molecular formula is C43H64N6O8. The molecule has 14 heteroatoms. The lowest BCUT2D eigenvalue weighted by Crippen LogP contribution is -2.55. The van der Waals surface area contributed by atoms with Crippen molar-refractivity contribution in [1.29, 1.82) is 0 Å². The fourth-order valence-electron chi connectivity index (χ4n) is 7.58. The van der Waals surface area contributed by atoms with Crippen LogP contribution in [0.15, 0.2) is 42.5 Å². The third-order valence-electron chi connectivity index (χ3n) is 11.0. The van der Waals surface area contributed by atoms with E-state index in [0.717, 1.165) is 42.9 Å². The largest absolute Gasteiger partial charge is 0.484 e. The van der Waals surface area contributed by atoms with E-state index >= 15 is 0 Å². The standard InChI is InChI=1S/C43H64N6O8/c1-28(2)35(24-37(50)36(18-10-11-21-44)47-39(52)27-56-34-20-19-30-13-8-9-14-31(30)23-34)41(53)45-25-38(51)48-40(29(3)4)42(54)49-22-12-17-33(49)26-57-43(55)46-32-15-6-5-7-16-32/h8-9,13-14,19-20,23,28-29,32-33,35-36,40H,5-7,10-12,15-18,21-22,24-27,44H2,1-4H3,(H,45,53)(H,46,55)(H,47,52)(H,48,51)/t33-,35+,36-,40-/m0/s1. The summed E-state index contributed by atoms with van der Waals surface area (Å²) >= 11 is 0. The highest BCUT2D eigenvalue weighted by molar-refractivity contribution is 5.94. The van der Waals surface area contributed by atoms with Crippen molar-refractivity contribution < 1.29 is 38.2 Å². The molecule has 4 atom stereocenters. The summed E-state index contributed by atoms with van der Waals surface area (Å²) in [6.07, 6.45) is 7.68. The predicted molar refractivity (Wildman–Crippen MR) is 218 cm³/mol. The highest BCUT2D eigenvalue weighted by atomic mass is 16.5. The molecule has 14 nitrogen and oxygen atoms in total. The third kappa shape index (κ3) is 14.3. The molecule has 57 heavy (non-hydrogen) atoms. The van der Waals surface area contributed by atoms with E-state index in [4.69, 9.17) is 15.2 Å². The zero-order valence-electron chi connectivity index (χ0n) is 34.2. The Balaban J connectivity index is 1.27. The number of nitrogens with zero attached hydrogens (tertiary/aromatic N) is 1. The smallest absolute Gasteiger partial charge is 0.407 e. The average molecular weight is 793 g/mol. The number of likely N-dealkylation sites (tertiary alicyclic amines) is 1. The van der Waals surface area contributed by atoms with Crippen LogP contribution in [0.1, 0.15) is 98.3 Å². The SMILES string of the molecule is CC(C)[C@H](NC(=O)CNC(=O)[C@H](CC(=O)[C@H](CCCCN)NC(=O)COc1ccc2ccccc2c1)C(C)C)C(=O)N1CCC[C@H]1COC(=O)NC1CCCCC1. The van der Waals surface area contributed by atoms with Crippen molar-refractivity contribution in [3.05, 3.63) is 42.5 Å². The number of carbonyl (C=O) groups excluding carboxylic acids is 6. The molecule has 2 fully saturated rings. The van der Waals surface area contributed by atoms with Gasteiger partial charge in [0, 0.05) is 24.9 Å². The Bertz CT molecular complexity index is 1660. The van der Waals surface area contributed by atoms with Gasteiger partial charge in [0.2, 0.25) is 17.7 Å². The van der Waals surface area contributed by atoms with E-state index in [-0.39, 0.29) is 61.8 Å². The van der Waals surface area contributed by atoms with Crippen LogP contribution in [-0.2, 0) is 28.7 Å². The van der Waals surface area contributed by atoms with Gasteiger partial charge in [0.05, 0.1) is 18.6 Å². The second-order valence-electron chi connectivity index (χ2n) is 16.1. The first-order valence-corrected chi connectivity index (χ1v) is 20.8. The van der Waals surface area contributed by atoms with Gasteiger partial charge in [-0.3, -0.25) is 24.0 Å². The molecule has 5 amide bonds. The number of ether oxygens (including phenoxy) is 2. The Morgan fingerprint density at radius 3 is 2.28 bits per heavy atom. The summed E-state index contributed by atoms with van der Waals surface area (Å²) < 4.78 is 11.3. The van der Waals surface area contributed by atoms with Gasteiger partial charge in [-0.2, -0.15) is 0 Å². The van der Waals surface area contributed by atoms with E-state index in [2.05, 4.69) is 21.3 Å². The van der Waals surface area contributed by atoms with Gasteiger partial charge in [0.15, 0.2) is 12.4 Å². The first-order chi connectivity index (χ1) is 27.4. The first-order valence-electron chi connectivity index (χ1n) is 20.8. The molecule has 0 aromatic heterocycles. The molecule has 1 heterocycles. The van der Waals surface area contributed by atoms with Crippen LogP contribution in [-0.4, -0.2) is 97.4 Å². The summed E-state index contributed by atoms with van der Waals surface area (Å²) in [5.41, 5.74) is 5.69. The zero-order valence-corrected chi connectivity index (χ0v) is 34.2. The minimum Gasteiger partial charge on any atom is -0.484 e. The number of hydrogen-bond donors (Lipinski definition) is 5. The van der Waals surface area contributed by atoms with Gasteiger partial charge in [-0.25, -0.2) is 4.79 Å². The highest BCUT2D eigenvalue weighted by Crippen LogP contribution is 2.23. The van der Waals surface area contributed by atoms with E-state index in [1.165, 1.54) is 6.42 Å². The lowest BCUT2D eigenvalue weighted by atomic mass is 9.87. The highest BCUT2D eigenvalue weighted by Gasteiger charge is 2.36. The van der Waals surface area contributed by atoms with Gasteiger partial charge in [-0.15, -0.1) is 0 Å². The normalized spacial score (nSPS) is 17.5. The van der Waals surface area contributed by atoms with Crippen LogP contribution in [0.2, 0.25) is 0 Å². The van der Waals surface area contributed by atoms with Crippen LogP contribution in [0.3, 0.4) is 0 Å². The van der Waals surface area contributed by atoms with Crippen molar-refractivity contribution in [2.45, 2.75) is 122 Å². The number of ketones is 1. The van der Waals surface area contributed by atoms with Gasteiger partial charge in [0.1, 0.15) is 18.4 Å². The van der Waals surface area contributed by atoms with Crippen LogP contribution >= 0.6 is 0 Å². The number of benzene rings is 2. The van der Waals surface area contributed by atoms with Crippen LogP contribution in [0.5, 0.6) is 5.75 Å². The second kappa shape index (κ2) is 22.9. The number of nitrogens with one attached hydrogen (secondary N) is 4. The Morgan fingerprint density at radius 2 is 1.58 bits per heavy atom. The number of alkyl carbamates (subject to hydrolysis) is 1. The summed E-state index contributed by atoms with van der Waals surface area (Å²) in [6, 6.07) is 11.5. The number of rotatable bonds is 21. The number of fused-ring (bicyclic) bond motifs is 1. The summed E-state index contributed by atoms with van der Waals surface area (Å²) in [5.74, 6) is -2.78. The quantitative estimate of drug-likeness (QED) is 0.114. The van der Waals surface area contributed by atoms with Crippen LogP contribution in [0.4, 0.5) is 4.79 Å². The number of carbonyl (C=O) groups is 6. The van der Waals surface area contributed by atoms with Gasteiger partial charge in [-0.05, 0) is 86.2 Å². The van der Waals surface area contributed by atoms with Crippen molar-refractivity contribution in [1.82, 2.24) is 26.2 Å². The lowest BCUT2D eigenvalue weighted by molar-refractivity contribution is -0.139. The average Bonchev–Trinajstić information content (AvgIpc) is 3.67. The molecule has 0 spiro atoms. The maximum Gasteiger partial charge on any atom is 0.407 e. The Labute approximate surface area is 337 Å². The fourth-order valence-corrected chi connectivity index (χ4v) is 7.58. The minimum atomic E-state index is -0.850. The maximum absolute atomic E-state index is 13.7. The lowest BCUT2D eigenvalue weighted by Gasteiger charge is -2.31. The molecule has 4 rings (SSSR count). The maximum atomic E-state index is 13.7. The van der Waals surface area contributed by atoms with E-state index in [9.17, 15) is 28.8 Å². The van der Waals surface area contributed by atoms with Crippen molar-refractivity contribution in [2.24, 2.45) is 23.5 Å². The first kappa shape index (κ1) is 45.0. The molecule has 1 saturated heterocycles. The summed E-state index contributed by atoms with van der Waals surface area (Å²) in [5, 5.41) is 13.2. The van der Waals surface area contributed by atoms with Crippen molar-refractivity contribution in [3.63, 3.8) is 0 Å². The molecule has 2 aromatic rings. The van der Waals surface area contributed by atoms with Gasteiger partial charge >= 0.3 is 6.09 Å². The van der Waals surface area contributed by atoms with Crippen LogP contribution < -0.4 is 31.7 Å². The molecule has 1 aliphatic heterocycles. The number of amides is 5. The molecule has 6 N–H and O–H groups in total. The molecular weight excluding hydrogens is 729 g/mol. The Kier molecular flexibility index (Phi) is 18.1. The van der Waals surface area contributed by atoms with Crippen molar-refractivity contribution in [3.8, 4) is 5.75 Å². The monoisotopic (exact) mass is 792 g/mol. The molecule has 314 valence electrons. The van der Waals surface area contributed by atoms with E-state index < -0.39 is 41.8 Å². The van der Waals surface area contributed by atoms with Gasteiger partial charge < -0.3 is 41.4 Å². The molecule has 0 radical (unpaired) electrons. The van der Waals surface area contributed by atoms with Crippen molar-refractivity contribution >= 4 is 46.3 Å². The van der Waals surface area contributed by atoms with E-state index in [1.54, 1.807) is 11.0 Å². The van der Waals surface area contributed by atoms with Crippen LogP contribution in [0, 0.1) is 17.8 Å². The number of hydrogen-bond acceptors (Lipinski definition) is 9. The summed E-state index contributed by atoms with van der Waals surface area (Å²) in [4.78, 5) is 81.1. The summed E-state index contributed by atoms with van der Waals surface area (Å²) in [7, 11) is 0. The van der Waals surface area contributed by atoms with Gasteiger partial charge in [0.25, 0.3) is 5.91 Å². The zero-order chi connectivity index (χ0) is 41.3. The predicted octanol–water partition coefficient (Wildman–Crippen LogP) is 4.37. The topological polar surface area (TPSA) is 198 Å². The van der Waals surface area contributed by atoms with Crippen LogP contribution in [0.25, 0.3) is 10.8 Å². The van der Waals surface area contributed by atoms with E-state index in [0.29, 0.717) is 44.5 Å². The number of unbranched alkanes of at least 4 members (excludes halogenated alkanes) is 1. The third-order valence-corrected chi connectivity index (χ3v) is 11.0. The van der Waals surface area contributed by atoms with E-state index in [1.807, 2.05) is 64.1 Å². The Hall–Kier alpha value is -4.72. The molecule has 2 aliphatic rings. The Morgan fingerprint density at radius 1 is 0.842 bits per heavy atom.